The fourth-order valence-corrected chi connectivity index (χ4v) is 5.45. The van der Waals surface area contributed by atoms with Crippen LogP contribution in [0.5, 0.6) is 0 Å². The van der Waals surface area contributed by atoms with Crippen molar-refractivity contribution >= 4 is 23.0 Å². The number of rotatable bonds is 5. The van der Waals surface area contributed by atoms with E-state index < -0.39 is 0 Å². The van der Waals surface area contributed by atoms with Crippen LogP contribution in [0.4, 0.5) is 0 Å². The largest absolute Gasteiger partial charge is 0.351 e. The lowest BCUT2D eigenvalue weighted by Crippen LogP contribution is -2.43. The average molecular weight is 414 g/mol. The molecule has 1 aromatic heterocycles. The molecule has 0 saturated heterocycles. The summed E-state index contributed by atoms with van der Waals surface area (Å²) in [5.41, 5.74) is 4.57. The molecule has 31 heavy (non-hydrogen) atoms. The van der Waals surface area contributed by atoms with E-state index in [1.54, 1.807) is 0 Å². The Balaban J connectivity index is 1.28. The number of nitrogens with zero attached hydrogens (tertiary/aromatic N) is 2. The van der Waals surface area contributed by atoms with Crippen LogP contribution in [0.2, 0.25) is 0 Å². The van der Waals surface area contributed by atoms with Crippen LogP contribution >= 0.6 is 0 Å². The van der Waals surface area contributed by atoms with Gasteiger partial charge in [0.25, 0.3) is 5.91 Å². The molecule has 0 aliphatic heterocycles. The van der Waals surface area contributed by atoms with Gasteiger partial charge in [-0.1, -0.05) is 48.9 Å². The number of hydrogen-bond donors (Lipinski definition) is 1. The van der Waals surface area contributed by atoms with Crippen LogP contribution in [-0.2, 0) is 6.42 Å². The zero-order chi connectivity index (χ0) is 21.2. The van der Waals surface area contributed by atoms with E-state index in [4.69, 9.17) is 4.99 Å². The summed E-state index contributed by atoms with van der Waals surface area (Å²) < 4.78 is 0. The maximum atomic E-state index is 13.3. The minimum absolute atomic E-state index is 0.117. The van der Waals surface area contributed by atoms with Crippen molar-refractivity contribution in [3.63, 3.8) is 0 Å². The van der Waals surface area contributed by atoms with Crippen LogP contribution in [0.3, 0.4) is 0 Å². The minimum atomic E-state index is 0.117. The Kier molecular flexibility index (Phi) is 5.63. The Hall–Kier alpha value is -2.88. The van der Waals surface area contributed by atoms with Crippen LogP contribution < -0.4 is 0 Å². The molecule has 1 unspecified atom stereocenters. The molecule has 160 valence electrons. The maximum absolute atomic E-state index is 13.3. The quantitative estimate of drug-likeness (QED) is 0.517. The third-order valence-electron chi connectivity index (χ3n) is 7.07. The second-order valence-corrected chi connectivity index (χ2v) is 8.99. The SMILES string of the molecule is CCN(C(=O)c1cc2ccccc2[nH]1)[C@@H]1CCCC(C=N[C@@H]2CCc3ccccc32)C1. The third-order valence-corrected chi connectivity index (χ3v) is 7.07. The van der Waals surface area contributed by atoms with E-state index >= 15 is 0 Å². The number of carbonyl (C=O) groups is 1. The first kappa shape index (κ1) is 20.0. The molecule has 0 bridgehead atoms. The lowest BCUT2D eigenvalue weighted by Gasteiger charge is -2.36. The summed E-state index contributed by atoms with van der Waals surface area (Å²) in [6.45, 7) is 2.83. The number of aromatic nitrogens is 1. The predicted molar refractivity (Wildman–Crippen MR) is 127 cm³/mol. The molecule has 1 saturated carbocycles. The number of aliphatic imine (C=N–C) groups is 1. The number of para-hydroxylation sites is 1. The highest BCUT2D eigenvalue weighted by molar-refractivity contribution is 5.98. The molecule has 3 atom stereocenters. The zero-order valence-electron chi connectivity index (χ0n) is 18.3. The lowest BCUT2D eigenvalue weighted by molar-refractivity contribution is 0.0629. The molecule has 1 heterocycles. The van der Waals surface area contributed by atoms with Crippen molar-refractivity contribution in [3.05, 3.63) is 71.4 Å². The number of nitrogens with one attached hydrogen (secondary N) is 1. The number of hydrogen-bond acceptors (Lipinski definition) is 2. The molecule has 1 N–H and O–H groups in total. The number of benzene rings is 2. The van der Waals surface area contributed by atoms with E-state index in [2.05, 4.69) is 47.3 Å². The molecule has 0 spiro atoms. The van der Waals surface area contributed by atoms with Crippen molar-refractivity contribution in [2.75, 3.05) is 6.54 Å². The van der Waals surface area contributed by atoms with E-state index in [1.807, 2.05) is 30.3 Å². The van der Waals surface area contributed by atoms with Gasteiger partial charge in [0, 0.05) is 29.7 Å². The number of H-pyrrole nitrogens is 1. The number of carbonyl (C=O) groups excluding carboxylic acids is 1. The Morgan fingerprint density at radius 2 is 1.97 bits per heavy atom. The van der Waals surface area contributed by atoms with Gasteiger partial charge >= 0.3 is 0 Å². The highest BCUT2D eigenvalue weighted by atomic mass is 16.2. The molecule has 3 aromatic rings. The Morgan fingerprint density at radius 3 is 2.84 bits per heavy atom. The van der Waals surface area contributed by atoms with Gasteiger partial charge in [-0.15, -0.1) is 0 Å². The summed E-state index contributed by atoms with van der Waals surface area (Å²) in [5, 5.41) is 1.09. The first-order chi connectivity index (χ1) is 15.2. The number of amides is 1. The molecular weight excluding hydrogens is 382 g/mol. The van der Waals surface area contributed by atoms with Crippen molar-refractivity contribution in [3.8, 4) is 0 Å². The minimum Gasteiger partial charge on any atom is -0.351 e. The lowest BCUT2D eigenvalue weighted by atomic mass is 9.85. The summed E-state index contributed by atoms with van der Waals surface area (Å²) in [6.07, 6.45) is 8.87. The molecule has 1 amide bonds. The van der Waals surface area contributed by atoms with Gasteiger partial charge in [0.05, 0.1) is 6.04 Å². The van der Waals surface area contributed by atoms with Crippen LogP contribution in [0.15, 0.2) is 59.6 Å². The van der Waals surface area contributed by atoms with E-state index in [1.165, 1.54) is 17.5 Å². The van der Waals surface area contributed by atoms with E-state index in [0.717, 1.165) is 49.6 Å². The average Bonchev–Trinajstić information content (AvgIpc) is 3.43. The van der Waals surface area contributed by atoms with Crippen LogP contribution in [0.1, 0.15) is 66.7 Å². The Morgan fingerprint density at radius 1 is 1.13 bits per heavy atom. The molecule has 2 aliphatic carbocycles. The second kappa shape index (κ2) is 8.70. The van der Waals surface area contributed by atoms with Gasteiger partial charge in [0.15, 0.2) is 0 Å². The molecule has 4 nitrogen and oxygen atoms in total. The van der Waals surface area contributed by atoms with E-state index in [0.29, 0.717) is 17.7 Å². The molecule has 4 heteroatoms. The maximum Gasteiger partial charge on any atom is 0.270 e. The van der Waals surface area contributed by atoms with Gasteiger partial charge in [-0.25, -0.2) is 0 Å². The van der Waals surface area contributed by atoms with Gasteiger partial charge < -0.3 is 9.88 Å². The molecule has 2 aliphatic rings. The number of aryl methyl sites for hydroxylation is 1. The van der Waals surface area contributed by atoms with Crippen molar-refractivity contribution < 1.29 is 4.79 Å². The van der Waals surface area contributed by atoms with Gasteiger partial charge in [-0.05, 0) is 68.2 Å². The smallest absolute Gasteiger partial charge is 0.270 e. The highest BCUT2D eigenvalue weighted by Gasteiger charge is 2.30. The normalized spacial score (nSPS) is 23.3. The predicted octanol–water partition coefficient (Wildman–Crippen LogP) is 5.95. The summed E-state index contributed by atoms with van der Waals surface area (Å²) in [7, 11) is 0. The summed E-state index contributed by atoms with van der Waals surface area (Å²) >= 11 is 0. The third kappa shape index (κ3) is 4.04. The molecule has 0 radical (unpaired) electrons. The van der Waals surface area contributed by atoms with Gasteiger partial charge in [-0.2, -0.15) is 0 Å². The van der Waals surface area contributed by atoms with Crippen molar-refractivity contribution in [1.82, 2.24) is 9.88 Å². The van der Waals surface area contributed by atoms with Crippen molar-refractivity contribution in [2.24, 2.45) is 10.9 Å². The monoisotopic (exact) mass is 413 g/mol. The first-order valence-corrected chi connectivity index (χ1v) is 11.7. The highest BCUT2D eigenvalue weighted by Crippen LogP contribution is 2.35. The summed E-state index contributed by atoms with van der Waals surface area (Å²) in [5.74, 6) is 0.571. The second-order valence-electron chi connectivity index (χ2n) is 8.99. The van der Waals surface area contributed by atoms with Crippen molar-refractivity contribution in [2.45, 2.75) is 57.5 Å². The topological polar surface area (TPSA) is 48.5 Å². The van der Waals surface area contributed by atoms with E-state index in [-0.39, 0.29) is 11.9 Å². The zero-order valence-corrected chi connectivity index (χ0v) is 18.3. The first-order valence-electron chi connectivity index (χ1n) is 11.7. The fraction of sp³-hybridized carbons (Fsp3) is 0.407. The van der Waals surface area contributed by atoms with Gasteiger partial charge in [0.2, 0.25) is 0 Å². The van der Waals surface area contributed by atoms with Crippen LogP contribution in [0, 0.1) is 5.92 Å². The standard InChI is InChI=1S/C27H31N3O/c1-2-30(27(31)26-17-21-10-4-6-13-24(21)29-26)22-11-7-8-19(16-22)18-28-25-15-14-20-9-3-5-12-23(20)25/h3-6,9-10,12-13,17-19,22,25,29H,2,7-8,11,14-16H2,1H3/t19?,22-,25-/m1/s1. The number of aromatic amines is 1. The van der Waals surface area contributed by atoms with Crippen LogP contribution in [0.25, 0.3) is 10.9 Å². The molecule has 5 rings (SSSR count). The van der Waals surface area contributed by atoms with Gasteiger partial charge in [0.1, 0.15) is 5.69 Å². The van der Waals surface area contributed by atoms with E-state index in [9.17, 15) is 4.79 Å². The number of fused-ring (bicyclic) bond motifs is 2. The summed E-state index contributed by atoms with van der Waals surface area (Å²) in [4.78, 5) is 23.7. The summed E-state index contributed by atoms with van der Waals surface area (Å²) in [6, 6.07) is 19.4. The Labute approximate surface area is 184 Å². The molecule has 2 aromatic carbocycles. The molecule has 1 fully saturated rings. The molecular formula is C27H31N3O. The van der Waals surface area contributed by atoms with Crippen LogP contribution in [-0.4, -0.2) is 34.6 Å². The van der Waals surface area contributed by atoms with Gasteiger partial charge in [-0.3, -0.25) is 9.79 Å². The fourth-order valence-electron chi connectivity index (χ4n) is 5.45. The Bertz CT molecular complexity index is 1070. The van der Waals surface area contributed by atoms with Crippen molar-refractivity contribution in [1.29, 1.82) is 0 Å².